The number of esters is 1. The Kier molecular flexibility index (Phi) is 8.69. The summed E-state index contributed by atoms with van der Waals surface area (Å²) in [6.07, 6.45) is 5.64. The summed E-state index contributed by atoms with van der Waals surface area (Å²) in [7, 11) is 1.66. The van der Waals surface area contributed by atoms with Crippen LogP contribution in [0.2, 0.25) is 0 Å². The molecule has 42 heavy (non-hydrogen) atoms. The number of benzene rings is 3. The minimum Gasteiger partial charge on any atom is -0.496 e. The lowest BCUT2D eigenvalue weighted by Crippen LogP contribution is -2.40. The van der Waals surface area contributed by atoms with Gasteiger partial charge in [-0.25, -0.2) is 9.79 Å². The highest BCUT2D eigenvalue weighted by Crippen LogP contribution is 2.39. The van der Waals surface area contributed by atoms with Crippen molar-refractivity contribution in [2.75, 3.05) is 13.7 Å². The normalized spacial score (nSPS) is 15.2. The molecule has 0 spiro atoms. The molecule has 3 aromatic carbocycles. The van der Waals surface area contributed by atoms with Crippen molar-refractivity contribution in [3.63, 3.8) is 0 Å². The molecule has 1 aliphatic rings. The maximum Gasteiger partial charge on any atom is 0.338 e. The van der Waals surface area contributed by atoms with Gasteiger partial charge in [0, 0.05) is 5.56 Å². The standard InChI is InChI=1S/C35H34N2O4S/c1-6-41-34(39)30-31(25-17-11-8-12-18-25)36-35-37(32(30)27-21-26(22(2)3)28(40-5)20-23(27)4)33(38)29(42-35)19-13-16-24-14-9-7-10-15-24/h7-22,32H,6H2,1-5H3/b16-13+,29-19-. The van der Waals surface area contributed by atoms with Gasteiger partial charge in [0.05, 0.1) is 35.6 Å². The molecule has 0 N–H and O–H groups in total. The van der Waals surface area contributed by atoms with Crippen LogP contribution in [0.4, 0.5) is 0 Å². The van der Waals surface area contributed by atoms with Crippen LogP contribution in [0.5, 0.6) is 5.75 Å². The Morgan fingerprint density at radius 1 is 1.07 bits per heavy atom. The van der Waals surface area contributed by atoms with Crippen molar-refractivity contribution in [3.8, 4) is 5.75 Å². The molecule has 0 bridgehead atoms. The van der Waals surface area contributed by atoms with Gasteiger partial charge in [-0.3, -0.25) is 9.36 Å². The first-order valence-corrected chi connectivity index (χ1v) is 14.8. The van der Waals surface area contributed by atoms with Crippen LogP contribution in [0.15, 0.2) is 94.2 Å². The topological polar surface area (TPSA) is 69.9 Å². The minimum atomic E-state index is -0.737. The Morgan fingerprint density at radius 3 is 2.40 bits per heavy atom. The highest BCUT2D eigenvalue weighted by atomic mass is 32.1. The van der Waals surface area contributed by atoms with Crippen LogP contribution in [0.3, 0.4) is 0 Å². The van der Waals surface area contributed by atoms with Gasteiger partial charge in [-0.2, -0.15) is 0 Å². The number of thiazole rings is 1. The third kappa shape index (κ3) is 5.65. The molecule has 5 rings (SSSR count). The lowest BCUT2D eigenvalue weighted by molar-refractivity contribution is -0.138. The van der Waals surface area contributed by atoms with Crippen molar-refractivity contribution in [3.05, 3.63) is 132 Å². The Bertz CT molecular complexity index is 1850. The van der Waals surface area contributed by atoms with E-state index in [-0.39, 0.29) is 18.1 Å². The average molecular weight is 579 g/mol. The smallest absolute Gasteiger partial charge is 0.338 e. The maximum atomic E-state index is 14.1. The molecule has 1 aromatic heterocycles. The van der Waals surface area contributed by atoms with Crippen molar-refractivity contribution < 1.29 is 14.3 Å². The van der Waals surface area contributed by atoms with E-state index in [1.165, 1.54) is 11.3 Å². The zero-order valence-electron chi connectivity index (χ0n) is 24.5. The van der Waals surface area contributed by atoms with Crippen LogP contribution < -0.4 is 19.6 Å². The van der Waals surface area contributed by atoms with Gasteiger partial charge in [-0.1, -0.05) is 98.0 Å². The average Bonchev–Trinajstić information content (AvgIpc) is 3.31. The lowest BCUT2D eigenvalue weighted by Gasteiger charge is -2.28. The molecule has 0 aliphatic carbocycles. The molecule has 0 saturated heterocycles. The zero-order chi connectivity index (χ0) is 29.8. The first kappa shape index (κ1) is 29.0. The van der Waals surface area contributed by atoms with Crippen LogP contribution in [-0.2, 0) is 9.53 Å². The number of methoxy groups -OCH3 is 1. The van der Waals surface area contributed by atoms with Crippen LogP contribution in [0, 0.1) is 6.92 Å². The highest BCUT2D eigenvalue weighted by Gasteiger charge is 2.36. The summed E-state index contributed by atoms with van der Waals surface area (Å²) < 4.78 is 13.5. The summed E-state index contributed by atoms with van der Waals surface area (Å²) >= 11 is 1.31. The molecule has 7 heteroatoms. The van der Waals surface area contributed by atoms with E-state index in [1.807, 2.05) is 91.9 Å². The van der Waals surface area contributed by atoms with Gasteiger partial charge in [0.15, 0.2) is 4.80 Å². The van der Waals surface area contributed by atoms with Crippen molar-refractivity contribution in [1.82, 2.24) is 4.57 Å². The van der Waals surface area contributed by atoms with Crippen molar-refractivity contribution >= 4 is 35.2 Å². The van der Waals surface area contributed by atoms with E-state index in [9.17, 15) is 9.59 Å². The zero-order valence-corrected chi connectivity index (χ0v) is 25.3. The second-order valence-corrected chi connectivity index (χ2v) is 11.3. The van der Waals surface area contributed by atoms with Crippen molar-refractivity contribution in [1.29, 1.82) is 0 Å². The van der Waals surface area contributed by atoms with Crippen molar-refractivity contribution in [2.45, 2.75) is 39.7 Å². The Morgan fingerprint density at radius 2 is 1.76 bits per heavy atom. The third-order valence-corrected chi connectivity index (χ3v) is 8.25. The lowest BCUT2D eigenvalue weighted by atomic mass is 9.87. The first-order valence-electron chi connectivity index (χ1n) is 14.0. The predicted molar refractivity (Wildman–Crippen MR) is 169 cm³/mol. The van der Waals surface area contributed by atoms with Gasteiger partial charge in [0.2, 0.25) is 0 Å². The number of nitrogens with zero attached hydrogens (tertiary/aromatic N) is 2. The van der Waals surface area contributed by atoms with E-state index in [4.69, 9.17) is 14.5 Å². The van der Waals surface area contributed by atoms with Crippen LogP contribution in [0.1, 0.15) is 60.5 Å². The van der Waals surface area contributed by atoms with Crippen LogP contribution >= 0.6 is 11.3 Å². The molecular formula is C35H34N2O4S. The summed E-state index contributed by atoms with van der Waals surface area (Å²) in [6, 6.07) is 22.8. The summed E-state index contributed by atoms with van der Waals surface area (Å²) in [5.74, 6) is 0.432. The number of ether oxygens (including phenoxy) is 2. The van der Waals surface area contributed by atoms with Gasteiger partial charge < -0.3 is 9.47 Å². The van der Waals surface area contributed by atoms with Gasteiger partial charge in [0.25, 0.3) is 5.56 Å². The van der Waals surface area contributed by atoms with E-state index in [0.29, 0.717) is 20.6 Å². The third-order valence-electron chi connectivity index (χ3n) is 7.24. The molecule has 1 aliphatic heterocycles. The molecule has 0 fully saturated rings. The fourth-order valence-corrected chi connectivity index (χ4v) is 6.15. The largest absolute Gasteiger partial charge is 0.496 e. The summed E-state index contributed by atoms with van der Waals surface area (Å²) in [5.41, 5.74) is 5.17. The maximum absolute atomic E-state index is 14.1. The highest BCUT2D eigenvalue weighted by molar-refractivity contribution is 7.07. The van der Waals surface area contributed by atoms with Gasteiger partial charge in [-0.15, -0.1) is 0 Å². The van der Waals surface area contributed by atoms with Gasteiger partial charge in [0.1, 0.15) is 5.75 Å². The first-order chi connectivity index (χ1) is 20.3. The fourth-order valence-electron chi connectivity index (χ4n) is 5.20. The molecule has 6 nitrogen and oxygen atoms in total. The fraction of sp³-hybridized carbons (Fsp3) is 0.229. The summed E-state index contributed by atoms with van der Waals surface area (Å²) in [6.45, 7) is 8.15. The monoisotopic (exact) mass is 578 g/mol. The Labute approximate surface area is 249 Å². The van der Waals surface area contributed by atoms with Crippen LogP contribution in [-0.4, -0.2) is 24.3 Å². The SMILES string of the molecule is CCOC(=O)C1=C(c2ccccc2)N=c2s/c(=C\C=C\c3ccccc3)c(=O)n2C1c1cc(C(C)C)c(OC)cc1C. The molecule has 0 amide bonds. The Balaban J connectivity index is 1.82. The molecular weight excluding hydrogens is 544 g/mol. The van der Waals surface area contributed by atoms with E-state index >= 15 is 0 Å². The number of hydrogen-bond acceptors (Lipinski definition) is 6. The molecule has 214 valence electrons. The quantitative estimate of drug-likeness (QED) is 0.239. The van der Waals surface area contributed by atoms with E-state index in [2.05, 4.69) is 19.9 Å². The molecule has 1 unspecified atom stereocenters. The van der Waals surface area contributed by atoms with E-state index in [1.54, 1.807) is 18.6 Å². The van der Waals surface area contributed by atoms with Gasteiger partial charge in [-0.05, 0) is 60.2 Å². The number of allylic oxidation sites excluding steroid dienone is 1. The van der Waals surface area contributed by atoms with Crippen LogP contribution in [0.25, 0.3) is 17.8 Å². The molecule has 0 radical (unpaired) electrons. The van der Waals surface area contributed by atoms with Gasteiger partial charge >= 0.3 is 5.97 Å². The number of rotatable bonds is 8. The second kappa shape index (κ2) is 12.6. The Hall–Kier alpha value is -4.49. The minimum absolute atomic E-state index is 0.155. The number of carbonyl (C=O) groups is 1. The summed E-state index contributed by atoms with van der Waals surface area (Å²) in [5, 5.41) is 0. The second-order valence-electron chi connectivity index (χ2n) is 10.3. The van der Waals surface area contributed by atoms with E-state index in [0.717, 1.165) is 33.6 Å². The number of aromatic nitrogens is 1. The summed E-state index contributed by atoms with van der Waals surface area (Å²) in [4.78, 5) is 33.4. The molecule has 1 atom stereocenters. The predicted octanol–water partition coefficient (Wildman–Crippen LogP) is 6.04. The van der Waals surface area contributed by atoms with Crippen molar-refractivity contribution in [2.24, 2.45) is 4.99 Å². The number of fused-ring (bicyclic) bond motifs is 1. The molecule has 2 heterocycles. The number of carbonyl (C=O) groups excluding carboxylic acids is 1. The van der Waals surface area contributed by atoms with E-state index < -0.39 is 12.0 Å². The number of hydrogen-bond donors (Lipinski definition) is 0. The molecule has 0 saturated carbocycles. The molecule has 4 aromatic rings. The number of aryl methyl sites for hydroxylation is 1.